The quantitative estimate of drug-likeness (QED) is 0.377. The zero-order chi connectivity index (χ0) is 26.5. The maximum Gasteiger partial charge on any atom is 0.339 e. The fourth-order valence-electron chi connectivity index (χ4n) is 3.59. The predicted molar refractivity (Wildman–Crippen MR) is 132 cm³/mol. The van der Waals surface area contributed by atoms with Crippen LogP contribution in [0.4, 0.5) is 0 Å². The number of aromatic nitrogens is 2. The zero-order valence-corrected chi connectivity index (χ0v) is 21.5. The Labute approximate surface area is 209 Å². The van der Waals surface area contributed by atoms with E-state index in [0.29, 0.717) is 5.69 Å². The lowest BCUT2D eigenvalue weighted by Crippen LogP contribution is -2.11. The van der Waals surface area contributed by atoms with Crippen LogP contribution in [0, 0.1) is 6.92 Å². The molecule has 36 heavy (non-hydrogen) atoms. The molecule has 0 spiro atoms. The average molecular weight is 517 g/mol. The Kier molecular flexibility index (Phi) is 8.51. The van der Waals surface area contributed by atoms with Gasteiger partial charge in [-0.05, 0) is 37.3 Å². The molecule has 3 aromatic rings. The molecule has 0 aliphatic carbocycles. The van der Waals surface area contributed by atoms with Crippen molar-refractivity contribution in [2.75, 3.05) is 28.4 Å². The molecule has 11 heteroatoms. The molecule has 2 heterocycles. The van der Waals surface area contributed by atoms with Crippen molar-refractivity contribution >= 4 is 32.8 Å². The monoisotopic (exact) mass is 516 g/mol. The van der Waals surface area contributed by atoms with Crippen LogP contribution in [0.3, 0.4) is 0 Å². The molecule has 2 aromatic heterocycles. The largest absolute Gasteiger partial charge is 0.465 e. The lowest BCUT2D eigenvalue weighted by Gasteiger charge is -2.14. The fourth-order valence-corrected chi connectivity index (χ4v) is 5.06. The van der Waals surface area contributed by atoms with Crippen molar-refractivity contribution in [3.05, 3.63) is 76.9 Å². The number of benzene rings is 1. The number of rotatable bonds is 10. The van der Waals surface area contributed by atoms with Crippen molar-refractivity contribution in [1.29, 1.82) is 0 Å². The van der Waals surface area contributed by atoms with Gasteiger partial charge in [0.2, 0.25) is 9.84 Å². The number of esters is 2. The molecule has 0 unspecified atom stereocenters. The van der Waals surface area contributed by atoms with Crippen molar-refractivity contribution in [3.63, 3.8) is 0 Å². The van der Waals surface area contributed by atoms with Gasteiger partial charge in [-0.3, -0.25) is 0 Å². The Bertz CT molecular complexity index is 1380. The number of carbonyl (C=O) groups excluding carboxylic acids is 2. The summed E-state index contributed by atoms with van der Waals surface area (Å²) in [5.74, 6) is -1.22. The first kappa shape index (κ1) is 26.9. The van der Waals surface area contributed by atoms with Crippen molar-refractivity contribution in [3.8, 4) is 0 Å². The van der Waals surface area contributed by atoms with E-state index in [1.54, 1.807) is 16.7 Å². The average Bonchev–Trinajstić information content (AvgIpc) is 3.46. The number of sulfone groups is 1. The van der Waals surface area contributed by atoms with Crippen LogP contribution in [0.2, 0.25) is 0 Å². The summed E-state index contributed by atoms with van der Waals surface area (Å²) in [6.07, 6.45) is 4.38. The standard InChI is InChI=1S/C25H28N2O8S/c1-17-6-8-21(9-7-17)36(30,31)23(22-11-19(25(29)35-5)14-27(22)16-33-3)12-20-10-18(24(28)34-4)13-26(20)15-32-2/h6-14H,15-16H2,1-5H3/b23-12-. The van der Waals surface area contributed by atoms with E-state index in [9.17, 15) is 18.0 Å². The van der Waals surface area contributed by atoms with E-state index >= 15 is 0 Å². The van der Waals surface area contributed by atoms with Crippen molar-refractivity contribution in [2.45, 2.75) is 25.3 Å². The molecular formula is C25H28N2O8S. The van der Waals surface area contributed by atoms with Gasteiger partial charge in [-0.25, -0.2) is 18.0 Å². The lowest BCUT2D eigenvalue weighted by atomic mass is 10.2. The number of aryl methyl sites for hydroxylation is 1. The molecule has 0 saturated heterocycles. The summed E-state index contributed by atoms with van der Waals surface area (Å²) < 4.78 is 51.1. The van der Waals surface area contributed by atoms with Crippen LogP contribution in [0.25, 0.3) is 11.0 Å². The van der Waals surface area contributed by atoms with Gasteiger partial charge in [-0.15, -0.1) is 0 Å². The van der Waals surface area contributed by atoms with Crippen LogP contribution < -0.4 is 0 Å². The van der Waals surface area contributed by atoms with Gasteiger partial charge in [0.25, 0.3) is 0 Å². The second-order valence-electron chi connectivity index (χ2n) is 7.85. The minimum absolute atomic E-state index is 0.0282. The highest BCUT2D eigenvalue weighted by atomic mass is 32.2. The molecule has 10 nitrogen and oxygen atoms in total. The Balaban J connectivity index is 2.33. The molecule has 0 fully saturated rings. The maximum atomic E-state index is 13.9. The van der Waals surface area contributed by atoms with Gasteiger partial charge >= 0.3 is 11.9 Å². The highest BCUT2D eigenvalue weighted by molar-refractivity contribution is 8.00. The molecule has 0 saturated carbocycles. The number of nitrogens with zero attached hydrogens (tertiary/aromatic N) is 2. The van der Waals surface area contributed by atoms with Gasteiger partial charge in [-0.1, -0.05) is 17.7 Å². The molecule has 0 aliphatic rings. The van der Waals surface area contributed by atoms with E-state index in [0.717, 1.165) is 5.56 Å². The first-order chi connectivity index (χ1) is 17.2. The summed E-state index contributed by atoms with van der Waals surface area (Å²) in [6, 6.07) is 9.34. The molecule has 1 aromatic carbocycles. The van der Waals surface area contributed by atoms with Crippen LogP contribution in [-0.4, -0.2) is 57.9 Å². The Morgan fingerprint density at radius 3 is 1.92 bits per heavy atom. The number of carbonyl (C=O) groups is 2. The molecule has 0 bridgehead atoms. The molecule has 0 radical (unpaired) electrons. The topological polar surface area (TPSA) is 115 Å². The van der Waals surface area contributed by atoms with Crippen LogP contribution in [0.15, 0.2) is 53.7 Å². The van der Waals surface area contributed by atoms with E-state index in [4.69, 9.17) is 18.9 Å². The zero-order valence-electron chi connectivity index (χ0n) is 20.7. The van der Waals surface area contributed by atoms with Gasteiger partial charge in [0.1, 0.15) is 13.5 Å². The first-order valence-corrected chi connectivity index (χ1v) is 12.2. The number of ether oxygens (including phenoxy) is 4. The summed E-state index contributed by atoms with van der Waals surface area (Å²) >= 11 is 0. The molecule has 0 atom stereocenters. The summed E-state index contributed by atoms with van der Waals surface area (Å²) in [7, 11) is 1.30. The SMILES string of the molecule is COCn1cc(C(=O)OC)cc1/C=C(/c1cc(C(=O)OC)cn1COC)S(=O)(=O)c1ccc(C)cc1. The summed E-state index contributed by atoms with van der Waals surface area (Å²) in [5, 5.41) is 0. The van der Waals surface area contributed by atoms with Crippen LogP contribution in [0.1, 0.15) is 37.7 Å². The number of methoxy groups -OCH3 is 4. The summed E-state index contributed by atoms with van der Waals surface area (Å²) in [6.45, 7) is 1.87. The Morgan fingerprint density at radius 2 is 1.36 bits per heavy atom. The van der Waals surface area contributed by atoms with Gasteiger partial charge in [0, 0.05) is 32.3 Å². The van der Waals surface area contributed by atoms with Crippen molar-refractivity contribution in [1.82, 2.24) is 9.13 Å². The molecule has 0 aliphatic heterocycles. The Morgan fingerprint density at radius 1 is 0.833 bits per heavy atom. The van der Waals surface area contributed by atoms with E-state index < -0.39 is 21.8 Å². The van der Waals surface area contributed by atoms with E-state index in [1.165, 1.54) is 75.7 Å². The van der Waals surface area contributed by atoms with E-state index in [2.05, 4.69) is 0 Å². The highest BCUT2D eigenvalue weighted by Crippen LogP contribution is 2.32. The van der Waals surface area contributed by atoms with Crippen molar-refractivity contribution in [2.24, 2.45) is 0 Å². The molecule has 3 rings (SSSR count). The smallest absolute Gasteiger partial charge is 0.339 e. The second-order valence-corrected chi connectivity index (χ2v) is 9.77. The molecular weight excluding hydrogens is 488 g/mol. The van der Waals surface area contributed by atoms with Crippen LogP contribution >= 0.6 is 0 Å². The maximum absolute atomic E-state index is 13.9. The summed E-state index contributed by atoms with van der Waals surface area (Å²) in [4.78, 5) is 24.3. The minimum atomic E-state index is -4.11. The third-order valence-corrected chi connectivity index (χ3v) is 7.16. The van der Waals surface area contributed by atoms with E-state index in [1.807, 2.05) is 6.92 Å². The normalized spacial score (nSPS) is 12.0. The van der Waals surface area contributed by atoms with Gasteiger partial charge < -0.3 is 28.1 Å². The summed E-state index contributed by atoms with van der Waals surface area (Å²) in [5.41, 5.74) is 1.83. The number of hydrogen-bond donors (Lipinski definition) is 0. The van der Waals surface area contributed by atoms with E-state index in [-0.39, 0.29) is 40.1 Å². The van der Waals surface area contributed by atoms with Crippen LogP contribution in [-0.2, 0) is 42.2 Å². The Hall–Kier alpha value is -3.67. The van der Waals surface area contributed by atoms with Crippen LogP contribution in [0.5, 0.6) is 0 Å². The highest BCUT2D eigenvalue weighted by Gasteiger charge is 2.28. The predicted octanol–water partition coefficient (Wildman–Crippen LogP) is 3.35. The lowest BCUT2D eigenvalue weighted by molar-refractivity contribution is 0.0591. The van der Waals surface area contributed by atoms with Gasteiger partial charge in [0.15, 0.2) is 0 Å². The minimum Gasteiger partial charge on any atom is -0.465 e. The molecule has 0 amide bonds. The third-order valence-electron chi connectivity index (χ3n) is 5.36. The van der Waals surface area contributed by atoms with Gasteiger partial charge in [-0.2, -0.15) is 0 Å². The van der Waals surface area contributed by atoms with Crippen molar-refractivity contribution < 1.29 is 37.0 Å². The second kappa shape index (κ2) is 11.4. The molecule has 192 valence electrons. The third kappa shape index (κ3) is 5.59. The first-order valence-electron chi connectivity index (χ1n) is 10.7. The van der Waals surface area contributed by atoms with Gasteiger partial charge in [0.05, 0.1) is 40.8 Å². The molecule has 0 N–H and O–H groups in total. The number of hydrogen-bond acceptors (Lipinski definition) is 8. The fraction of sp³-hybridized carbons (Fsp3) is 0.280.